The standard InChI is InChI=1S/C15H21N4OS/c1-15(2,3)18-14(16-10-17-18)21-12-19(4,11-20)13-8-6-5-7-9-13/h5-11H,12H2,1-4H3/q+1. The molecule has 0 fully saturated rings. The summed E-state index contributed by atoms with van der Waals surface area (Å²) in [5.74, 6) is 0.572. The summed E-state index contributed by atoms with van der Waals surface area (Å²) < 4.78 is 2.08. The monoisotopic (exact) mass is 305 g/mol. The van der Waals surface area contributed by atoms with E-state index in [1.807, 2.05) is 42.1 Å². The van der Waals surface area contributed by atoms with Gasteiger partial charge in [-0.25, -0.2) is 18.9 Å². The van der Waals surface area contributed by atoms with E-state index in [0.717, 1.165) is 17.3 Å². The van der Waals surface area contributed by atoms with E-state index in [1.54, 1.807) is 6.33 Å². The van der Waals surface area contributed by atoms with Gasteiger partial charge in [0.2, 0.25) is 0 Å². The second-order valence-electron chi connectivity index (χ2n) is 6.11. The third kappa shape index (κ3) is 3.51. The van der Waals surface area contributed by atoms with Gasteiger partial charge in [0.25, 0.3) is 0 Å². The fraction of sp³-hybridized carbons (Fsp3) is 0.400. The van der Waals surface area contributed by atoms with Crippen molar-refractivity contribution in [1.82, 2.24) is 19.2 Å². The highest BCUT2D eigenvalue weighted by molar-refractivity contribution is 7.99. The third-order valence-corrected chi connectivity index (χ3v) is 4.39. The molecule has 1 unspecified atom stereocenters. The van der Waals surface area contributed by atoms with Crippen molar-refractivity contribution in [1.29, 1.82) is 0 Å². The summed E-state index contributed by atoms with van der Waals surface area (Å²) in [5.41, 5.74) is 0.831. The van der Waals surface area contributed by atoms with Crippen LogP contribution >= 0.6 is 11.8 Å². The lowest BCUT2D eigenvalue weighted by atomic mass is 10.1. The first-order chi connectivity index (χ1) is 9.87. The number of rotatable bonds is 5. The molecule has 2 rings (SSSR count). The van der Waals surface area contributed by atoms with Gasteiger partial charge < -0.3 is 0 Å². The maximum Gasteiger partial charge on any atom is 0.307 e. The number of aromatic nitrogens is 3. The van der Waals surface area contributed by atoms with Gasteiger partial charge >= 0.3 is 6.41 Å². The van der Waals surface area contributed by atoms with Crippen molar-refractivity contribution in [2.75, 3.05) is 12.9 Å². The highest BCUT2D eigenvalue weighted by atomic mass is 32.2. The van der Waals surface area contributed by atoms with Crippen molar-refractivity contribution >= 4 is 23.9 Å². The van der Waals surface area contributed by atoms with Crippen LogP contribution in [0.25, 0.3) is 0 Å². The Bertz CT molecular complexity index is 606. The molecule has 0 aliphatic rings. The largest absolute Gasteiger partial charge is 0.307 e. The van der Waals surface area contributed by atoms with E-state index in [1.165, 1.54) is 11.8 Å². The molecular weight excluding hydrogens is 284 g/mol. The second kappa shape index (κ2) is 5.99. The molecule has 2 aromatic rings. The van der Waals surface area contributed by atoms with Crippen LogP contribution in [0, 0.1) is 0 Å². The molecular formula is C15H21N4OS+. The average molecular weight is 305 g/mol. The Morgan fingerprint density at radius 3 is 2.52 bits per heavy atom. The molecule has 0 aliphatic heterocycles. The lowest BCUT2D eigenvalue weighted by Crippen LogP contribution is -2.43. The van der Waals surface area contributed by atoms with Gasteiger partial charge in [-0.2, -0.15) is 5.10 Å². The predicted octanol–water partition coefficient (Wildman–Crippen LogP) is 2.88. The van der Waals surface area contributed by atoms with Gasteiger partial charge in [0.05, 0.1) is 12.6 Å². The van der Waals surface area contributed by atoms with Crippen molar-refractivity contribution in [3.63, 3.8) is 0 Å². The van der Waals surface area contributed by atoms with Crippen LogP contribution in [0.15, 0.2) is 41.8 Å². The molecule has 0 bridgehead atoms. The first kappa shape index (κ1) is 15.7. The number of para-hydroxylation sites is 1. The first-order valence-corrected chi connectivity index (χ1v) is 7.76. The minimum absolute atomic E-state index is 0.129. The van der Waals surface area contributed by atoms with Crippen LogP contribution in [0.3, 0.4) is 0 Å². The van der Waals surface area contributed by atoms with E-state index in [9.17, 15) is 4.79 Å². The summed E-state index contributed by atoms with van der Waals surface area (Å²) in [4.78, 5) is 15.9. The molecule has 0 spiro atoms. The molecule has 0 saturated heterocycles. The van der Waals surface area contributed by atoms with Crippen molar-refractivity contribution in [3.8, 4) is 0 Å². The van der Waals surface area contributed by atoms with Crippen LogP contribution in [-0.4, -0.2) is 34.1 Å². The second-order valence-corrected chi connectivity index (χ2v) is 7.02. The fourth-order valence-corrected chi connectivity index (χ4v) is 3.07. The number of thioether (sulfide) groups is 1. The Balaban J connectivity index is 2.19. The number of benzene rings is 1. The maximum atomic E-state index is 11.6. The van der Waals surface area contributed by atoms with Crippen LogP contribution in [0.4, 0.5) is 5.69 Å². The van der Waals surface area contributed by atoms with Crippen LogP contribution in [0.5, 0.6) is 0 Å². The van der Waals surface area contributed by atoms with Gasteiger partial charge in [-0.3, -0.25) is 0 Å². The van der Waals surface area contributed by atoms with Gasteiger partial charge in [-0.1, -0.05) is 18.2 Å². The molecule has 0 radical (unpaired) electrons. The van der Waals surface area contributed by atoms with E-state index in [0.29, 0.717) is 5.88 Å². The number of hydrogen-bond acceptors (Lipinski definition) is 4. The number of hydrogen-bond donors (Lipinski definition) is 0. The third-order valence-electron chi connectivity index (χ3n) is 3.19. The smallest absolute Gasteiger partial charge is 0.235 e. The lowest BCUT2D eigenvalue weighted by molar-refractivity contribution is -0.115. The van der Waals surface area contributed by atoms with Gasteiger partial charge in [0.1, 0.15) is 17.9 Å². The Hall–Kier alpha value is -1.66. The topological polar surface area (TPSA) is 47.8 Å². The van der Waals surface area contributed by atoms with Crippen LogP contribution in [0.2, 0.25) is 0 Å². The molecule has 1 amide bonds. The molecule has 1 atom stereocenters. The van der Waals surface area contributed by atoms with E-state index in [2.05, 4.69) is 30.9 Å². The Labute approximate surface area is 129 Å². The Morgan fingerprint density at radius 2 is 1.95 bits per heavy atom. The Kier molecular flexibility index (Phi) is 4.49. The van der Waals surface area contributed by atoms with Gasteiger partial charge in [-0.15, -0.1) is 0 Å². The molecule has 1 aromatic heterocycles. The summed E-state index contributed by atoms with van der Waals surface area (Å²) in [7, 11) is 1.90. The van der Waals surface area contributed by atoms with Crippen LogP contribution in [-0.2, 0) is 10.3 Å². The zero-order valence-corrected chi connectivity index (χ0v) is 13.7. The molecule has 0 aliphatic carbocycles. The molecule has 1 heterocycles. The zero-order valence-electron chi connectivity index (χ0n) is 12.9. The number of nitrogens with zero attached hydrogens (tertiary/aromatic N) is 4. The number of amides is 1. The van der Waals surface area contributed by atoms with E-state index in [4.69, 9.17) is 0 Å². The summed E-state index contributed by atoms with van der Waals surface area (Å²) in [6.45, 7) is 6.24. The fourth-order valence-electron chi connectivity index (χ4n) is 1.92. The average Bonchev–Trinajstić information content (AvgIpc) is 2.94. The van der Waals surface area contributed by atoms with E-state index in [-0.39, 0.29) is 10.0 Å². The molecule has 0 saturated carbocycles. The molecule has 21 heavy (non-hydrogen) atoms. The van der Waals surface area contributed by atoms with E-state index < -0.39 is 0 Å². The highest BCUT2D eigenvalue weighted by Crippen LogP contribution is 2.27. The zero-order chi connectivity index (χ0) is 15.5. The van der Waals surface area contributed by atoms with Crippen molar-refractivity contribution in [2.45, 2.75) is 31.5 Å². The van der Waals surface area contributed by atoms with Crippen molar-refractivity contribution < 1.29 is 4.79 Å². The lowest BCUT2D eigenvalue weighted by Gasteiger charge is -2.26. The van der Waals surface area contributed by atoms with Crippen LogP contribution in [0.1, 0.15) is 20.8 Å². The predicted molar refractivity (Wildman–Crippen MR) is 86.0 cm³/mol. The van der Waals surface area contributed by atoms with Gasteiger partial charge in [0, 0.05) is 0 Å². The van der Waals surface area contributed by atoms with Gasteiger partial charge in [0.15, 0.2) is 5.16 Å². The molecule has 1 aromatic carbocycles. The van der Waals surface area contributed by atoms with Crippen LogP contribution < -0.4 is 4.48 Å². The minimum atomic E-state index is -0.129. The normalized spacial score (nSPS) is 14.7. The quantitative estimate of drug-likeness (QED) is 0.369. The Morgan fingerprint density at radius 1 is 1.29 bits per heavy atom. The molecule has 5 nitrogen and oxygen atoms in total. The first-order valence-electron chi connectivity index (χ1n) is 6.77. The summed E-state index contributed by atoms with van der Waals surface area (Å²) in [6.07, 6.45) is 2.52. The summed E-state index contributed by atoms with van der Waals surface area (Å²) in [6, 6.07) is 9.75. The van der Waals surface area contributed by atoms with E-state index >= 15 is 0 Å². The number of carbonyl (C=O) groups is 1. The highest BCUT2D eigenvalue weighted by Gasteiger charge is 2.27. The summed E-state index contributed by atoms with van der Waals surface area (Å²) >= 11 is 1.54. The van der Waals surface area contributed by atoms with Crippen molar-refractivity contribution in [3.05, 3.63) is 36.7 Å². The SMILES string of the molecule is CC(C)(C)n1ncnc1SC[N+](C)(C=O)c1ccccc1. The molecule has 0 N–H and O–H groups in total. The van der Waals surface area contributed by atoms with Crippen molar-refractivity contribution in [2.24, 2.45) is 0 Å². The number of carbonyl (C=O) groups excluding carboxylic acids is 1. The van der Waals surface area contributed by atoms with Gasteiger partial charge in [-0.05, 0) is 44.7 Å². The number of quaternary nitrogens is 1. The molecule has 112 valence electrons. The maximum absolute atomic E-state index is 11.6. The minimum Gasteiger partial charge on any atom is -0.235 e. The summed E-state index contributed by atoms with van der Waals surface area (Å²) in [5, 5.41) is 5.10. The molecule has 6 heteroatoms.